The lowest BCUT2D eigenvalue weighted by Gasteiger charge is -2.11. The fourth-order valence-corrected chi connectivity index (χ4v) is 1.53. The van der Waals surface area contributed by atoms with Crippen molar-refractivity contribution in [1.29, 1.82) is 0 Å². The number of aliphatic carboxylic acids is 1. The Bertz CT molecular complexity index is 353. The summed E-state index contributed by atoms with van der Waals surface area (Å²) in [6, 6.07) is 2.63. The van der Waals surface area contributed by atoms with E-state index in [1.54, 1.807) is 12.1 Å². The summed E-state index contributed by atoms with van der Waals surface area (Å²) in [5, 5.41) is 8.75. The van der Waals surface area contributed by atoms with Gasteiger partial charge in [0.15, 0.2) is 0 Å². The molecule has 0 radical (unpaired) electrons. The summed E-state index contributed by atoms with van der Waals surface area (Å²) < 4.78 is 0.999. The molecule has 1 unspecified atom stereocenters. The fourth-order valence-electron chi connectivity index (χ4n) is 1.30. The summed E-state index contributed by atoms with van der Waals surface area (Å²) in [4.78, 5) is 10.7. The normalized spacial score (nSPS) is 12.6. The molecule has 0 aliphatic carbocycles. The van der Waals surface area contributed by atoms with E-state index in [1.807, 2.05) is 13.8 Å². The predicted octanol–water partition coefficient (Wildman–Crippen LogP) is 2.15. The summed E-state index contributed by atoms with van der Waals surface area (Å²) in [6.45, 7) is 3.82. The van der Waals surface area contributed by atoms with E-state index in [9.17, 15) is 4.79 Å². The van der Waals surface area contributed by atoms with Crippen LogP contribution in [0.25, 0.3) is 0 Å². The number of carboxylic acid groups (broad SMARTS) is 1. The third-order valence-electron chi connectivity index (χ3n) is 2.08. The van der Waals surface area contributed by atoms with Crippen molar-refractivity contribution in [1.82, 2.24) is 0 Å². The molecular formula is C10H12BrNO2. The van der Waals surface area contributed by atoms with Gasteiger partial charge in [-0.25, -0.2) is 0 Å². The summed E-state index contributed by atoms with van der Waals surface area (Å²) in [6.07, 6.45) is 0. The Morgan fingerprint density at radius 2 is 1.86 bits per heavy atom. The first kappa shape index (κ1) is 11.2. The van der Waals surface area contributed by atoms with Crippen molar-refractivity contribution in [2.45, 2.75) is 19.9 Å². The third-order valence-corrected chi connectivity index (χ3v) is 3.33. The summed E-state index contributed by atoms with van der Waals surface area (Å²) in [7, 11) is 0. The number of aryl methyl sites for hydroxylation is 2. The van der Waals surface area contributed by atoms with Crippen LogP contribution in [0.1, 0.15) is 22.7 Å². The van der Waals surface area contributed by atoms with Gasteiger partial charge in [0.25, 0.3) is 0 Å². The molecule has 0 heterocycles. The number of halogens is 1. The van der Waals surface area contributed by atoms with Gasteiger partial charge in [0.1, 0.15) is 6.04 Å². The van der Waals surface area contributed by atoms with E-state index < -0.39 is 12.0 Å². The second-order valence-electron chi connectivity index (χ2n) is 3.28. The highest BCUT2D eigenvalue weighted by Gasteiger charge is 2.15. The average Bonchev–Trinajstić information content (AvgIpc) is 2.12. The fraction of sp³-hybridized carbons (Fsp3) is 0.300. The van der Waals surface area contributed by atoms with Crippen LogP contribution in [0.5, 0.6) is 0 Å². The van der Waals surface area contributed by atoms with Crippen molar-refractivity contribution in [2.24, 2.45) is 5.73 Å². The molecule has 3 N–H and O–H groups in total. The number of carbonyl (C=O) groups is 1. The van der Waals surface area contributed by atoms with Crippen molar-refractivity contribution in [3.63, 3.8) is 0 Å². The molecule has 0 aliphatic rings. The zero-order valence-corrected chi connectivity index (χ0v) is 9.63. The van der Waals surface area contributed by atoms with Gasteiger partial charge in [0.05, 0.1) is 0 Å². The molecule has 0 spiro atoms. The van der Waals surface area contributed by atoms with Crippen molar-refractivity contribution in [2.75, 3.05) is 0 Å². The summed E-state index contributed by atoms with van der Waals surface area (Å²) >= 11 is 3.41. The molecule has 0 amide bonds. The minimum absolute atomic E-state index is 0.635. The van der Waals surface area contributed by atoms with Gasteiger partial charge in [0, 0.05) is 4.47 Å². The van der Waals surface area contributed by atoms with Crippen molar-refractivity contribution >= 4 is 21.9 Å². The first-order chi connectivity index (χ1) is 6.43. The number of benzene rings is 1. The average molecular weight is 258 g/mol. The Morgan fingerprint density at radius 3 is 2.21 bits per heavy atom. The number of hydrogen-bond acceptors (Lipinski definition) is 2. The van der Waals surface area contributed by atoms with Crippen LogP contribution in [-0.2, 0) is 4.79 Å². The Labute approximate surface area is 91.1 Å². The van der Waals surface area contributed by atoms with Crippen molar-refractivity contribution in [3.05, 3.63) is 33.3 Å². The lowest BCUT2D eigenvalue weighted by molar-refractivity contribution is -0.138. The van der Waals surface area contributed by atoms with Gasteiger partial charge < -0.3 is 10.8 Å². The van der Waals surface area contributed by atoms with E-state index in [2.05, 4.69) is 15.9 Å². The molecule has 76 valence electrons. The van der Waals surface area contributed by atoms with Gasteiger partial charge in [-0.05, 0) is 30.5 Å². The molecule has 0 aliphatic heterocycles. The molecule has 14 heavy (non-hydrogen) atoms. The van der Waals surface area contributed by atoms with Crippen LogP contribution < -0.4 is 5.73 Å². The highest BCUT2D eigenvalue weighted by Crippen LogP contribution is 2.24. The van der Waals surface area contributed by atoms with Gasteiger partial charge in [-0.15, -0.1) is 0 Å². The zero-order valence-electron chi connectivity index (χ0n) is 8.04. The van der Waals surface area contributed by atoms with Crippen LogP contribution in [0, 0.1) is 13.8 Å². The van der Waals surface area contributed by atoms with Crippen LogP contribution in [-0.4, -0.2) is 11.1 Å². The van der Waals surface area contributed by atoms with Crippen LogP contribution in [0.4, 0.5) is 0 Å². The molecule has 0 aromatic heterocycles. The van der Waals surface area contributed by atoms with Crippen LogP contribution in [0.2, 0.25) is 0 Å². The lowest BCUT2D eigenvalue weighted by Crippen LogP contribution is -2.20. The van der Waals surface area contributed by atoms with E-state index in [4.69, 9.17) is 10.8 Å². The molecule has 0 bridgehead atoms. The number of hydrogen-bond donors (Lipinski definition) is 2. The molecule has 0 saturated heterocycles. The Morgan fingerprint density at radius 1 is 1.43 bits per heavy atom. The zero-order chi connectivity index (χ0) is 10.9. The molecule has 0 fully saturated rings. The first-order valence-corrected chi connectivity index (χ1v) is 4.98. The third kappa shape index (κ3) is 2.13. The van der Waals surface area contributed by atoms with Crippen molar-refractivity contribution in [3.8, 4) is 0 Å². The molecule has 4 heteroatoms. The molecule has 1 aromatic carbocycles. The van der Waals surface area contributed by atoms with E-state index in [0.29, 0.717) is 5.56 Å². The van der Waals surface area contributed by atoms with Gasteiger partial charge in [0.2, 0.25) is 0 Å². The minimum atomic E-state index is -1.01. The SMILES string of the molecule is Cc1cc(C(N)C(=O)O)cc(C)c1Br. The highest BCUT2D eigenvalue weighted by molar-refractivity contribution is 9.10. The van der Waals surface area contributed by atoms with Crippen LogP contribution >= 0.6 is 15.9 Å². The maximum Gasteiger partial charge on any atom is 0.325 e. The standard InChI is InChI=1S/C10H12BrNO2/c1-5-3-7(9(12)10(13)14)4-6(2)8(5)11/h3-4,9H,12H2,1-2H3,(H,13,14). The second kappa shape index (κ2) is 4.11. The van der Waals surface area contributed by atoms with E-state index in [1.165, 1.54) is 0 Å². The van der Waals surface area contributed by atoms with Gasteiger partial charge in [-0.2, -0.15) is 0 Å². The van der Waals surface area contributed by atoms with Crippen LogP contribution in [0.3, 0.4) is 0 Å². The maximum atomic E-state index is 10.7. The van der Waals surface area contributed by atoms with Crippen LogP contribution in [0.15, 0.2) is 16.6 Å². The topological polar surface area (TPSA) is 63.3 Å². The predicted molar refractivity (Wildman–Crippen MR) is 58.2 cm³/mol. The molecule has 1 aromatic rings. The number of rotatable bonds is 2. The van der Waals surface area contributed by atoms with Gasteiger partial charge in [-0.3, -0.25) is 4.79 Å². The summed E-state index contributed by atoms with van der Waals surface area (Å²) in [5.41, 5.74) is 8.14. The second-order valence-corrected chi connectivity index (χ2v) is 4.08. The first-order valence-electron chi connectivity index (χ1n) is 4.18. The maximum absolute atomic E-state index is 10.7. The molecule has 1 rings (SSSR count). The minimum Gasteiger partial charge on any atom is -0.480 e. The monoisotopic (exact) mass is 257 g/mol. The molecule has 0 saturated carbocycles. The molecule has 1 atom stereocenters. The molecular weight excluding hydrogens is 246 g/mol. The Hall–Kier alpha value is -0.870. The van der Waals surface area contributed by atoms with E-state index in [-0.39, 0.29) is 0 Å². The van der Waals surface area contributed by atoms with Gasteiger partial charge >= 0.3 is 5.97 Å². The number of carboxylic acids is 1. The quantitative estimate of drug-likeness (QED) is 0.854. The highest BCUT2D eigenvalue weighted by atomic mass is 79.9. The largest absolute Gasteiger partial charge is 0.480 e. The van der Waals surface area contributed by atoms with E-state index >= 15 is 0 Å². The molecule has 3 nitrogen and oxygen atoms in total. The smallest absolute Gasteiger partial charge is 0.325 e. The Balaban J connectivity index is 3.19. The van der Waals surface area contributed by atoms with Crippen molar-refractivity contribution < 1.29 is 9.90 Å². The van der Waals surface area contributed by atoms with E-state index in [0.717, 1.165) is 15.6 Å². The lowest BCUT2D eigenvalue weighted by atomic mass is 10.0. The summed E-state index contributed by atoms with van der Waals surface area (Å²) in [5.74, 6) is -1.01. The van der Waals surface area contributed by atoms with Gasteiger partial charge in [-0.1, -0.05) is 28.1 Å². The Kier molecular flexibility index (Phi) is 3.29. The number of nitrogens with two attached hydrogens (primary N) is 1.